The molecular weight excluding hydrogens is 356 g/mol. The van der Waals surface area contributed by atoms with Crippen LogP contribution in [-0.4, -0.2) is 39.4 Å². The molecule has 0 aliphatic carbocycles. The summed E-state index contributed by atoms with van der Waals surface area (Å²) in [6.07, 6.45) is 0.675. The van der Waals surface area contributed by atoms with Gasteiger partial charge in [0.1, 0.15) is 6.04 Å². The quantitative estimate of drug-likeness (QED) is 0.863. The Morgan fingerprint density at radius 2 is 2.08 bits per heavy atom. The zero-order valence-corrected chi connectivity index (χ0v) is 15.5. The van der Waals surface area contributed by atoms with Crippen molar-refractivity contribution in [3.8, 4) is 0 Å². The molecule has 2 aromatic rings. The van der Waals surface area contributed by atoms with Crippen molar-refractivity contribution in [1.29, 1.82) is 0 Å². The molecule has 3 rings (SSSR count). The van der Waals surface area contributed by atoms with Gasteiger partial charge in [0.15, 0.2) is 5.82 Å². The second-order valence-corrected chi connectivity index (χ2v) is 7.09. The Hall–Kier alpha value is -2.41. The first kappa shape index (κ1) is 18.4. The van der Waals surface area contributed by atoms with Crippen LogP contribution in [0.25, 0.3) is 0 Å². The maximum atomic E-state index is 12.6. The smallest absolute Gasteiger partial charge is 0.243 e. The lowest BCUT2D eigenvalue weighted by atomic mass is 10.1. The van der Waals surface area contributed by atoms with E-state index in [-0.39, 0.29) is 24.2 Å². The van der Waals surface area contributed by atoms with Gasteiger partial charge < -0.3 is 14.7 Å². The van der Waals surface area contributed by atoms with Gasteiger partial charge >= 0.3 is 0 Å². The second kappa shape index (κ2) is 7.86. The monoisotopic (exact) mass is 376 g/mol. The predicted molar refractivity (Wildman–Crippen MR) is 95.3 cm³/mol. The predicted octanol–water partition coefficient (Wildman–Crippen LogP) is 2.13. The molecule has 0 radical (unpaired) electrons. The first-order chi connectivity index (χ1) is 12.4. The van der Waals surface area contributed by atoms with E-state index in [9.17, 15) is 9.59 Å². The van der Waals surface area contributed by atoms with Crippen LogP contribution in [0.5, 0.6) is 0 Å². The number of rotatable bonds is 5. The molecule has 1 aromatic carbocycles. The van der Waals surface area contributed by atoms with Crippen molar-refractivity contribution in [3.63, 3.8) is 0 Å². The van der Waals surface area contributed by atoms with Crippen molar-refractivity contribution in [2.24, 2.45) is 5.92 Å². The number of hydrogen-bond donors (Lipinski definition) is 1. The van der Waals surface area contributed by atoms with Crippen LogP contribution < -0.4 is 5.32 Å². The van der Waals surface area contributed by atoms with Gasteiger partial charge in [0.2, 0.25) is 17.7 Å². The Bertz CT molecular complexity index is 790. The summed E-state index contributed by atoms with van der Waals surface area (Å²) in [7, 11) is 0. The van der Waals surface area contributed by atoms with Crippen LogP contribution in [0.4, 0.5) is 0 Å². The number of aryl methyl sites for hydroxylation is 1. The SMILES string of the molecule is Cc1nc(CC(=O)N2C[C@H](C)C[C@H]2C(=O)NCc2ccc(Cl)cc2)no1. The average Bonchev–Trinajstić information content (AvgIpc) is 3.19. The zero-order valence-electron chi connectivity index (χ0n) is 14.7. The molecular formula is C18H21ClN4O3. The first-order valence-electron chi connectivity index (χ1n) is 8.53. The number of carbonyl (C=O) groups excluding carboxylic acids is 2. The number of benzene rings is 1. The molecule has 0 unspecified atom stereocenters. The first-order valence-corrected chi connectivity index (χ1v) is 8.91. The van der Waals surface area contributed by atoms with E-state index in [0.29, 0.717) is 36.2 Å². The highest BCUT2D eigenvalue weighted by Crippen LogP contribution is 2.24. The van der Waals surface area contributed by atoms with E-state index >= 15 is 0 Å². The molecule has 1 fully saturated rings. The zero-order chi connectivity index (χ0) is 18.7. The molecule has 1 aliphatic heterocycles. The third-order valence-electron chi connectivity index (χ3n) is 4.39. The maximum Gasteiger partial charge on any atom is 0.243 e. The standard InChI is InChI=1S/C18H21ClN4O3/c1-11-7-15(18(25)20-9-13-3-5-14(19)6-4-13)23(10-11)17(24)8-16-21-12(2)26-22-16/h3-6,11,15H,7-10H2,1-2H3,(H,20,25)/t11-,15+/m1/s1. The fourth-order valence-electron chi connectivity index (χ4n) is 3.13. The number of carbonyl (C=O) groups is 2. The summed E-state index contributed by atoms with van der Waals surface area (Å²) in [5, 5.41) is 7.31. The van der Waals surface area contributed by atoms with Gasteiger partial charge in [-0.2, -0.15) is 4.98 Å². The molecule has 0 saturated carbocycles. The molecule has 2 atom stereocenters. The molecule has 2 amide bonds. The summed E-state index contributed by atoms with van der Waals surface area (Å²) < 4.78 is 4.90. The molecule has 26 heavy (non-hydrogen) atoms. The van der Waals surface area contributed by atoms with Gasteiger partial charge in [0.05, 0.1) is 6.42 Å². The summed E-state index contributed by atoms with van der Waals surface area (Å²) in [6.45, 7) is 4.65. The average molecular weight is 377 g/mol. The topological polar surface area (TPSA) is 88.3 Å². The Kier molecular flexibility index (Phi) is 5.56. The number of aromatic nitrogens is 2. The summed E-state index contributed by atoms with van der Waals surface area (Å²) in [5.41, 5.74) is 0.953. The van der Waals surface area contributed by atoms with Crippen molar-refractivity contribution >= 4 is 23.4 Å². The minimum absolute atomic E-state index is 0.0328. The van der Waals surface area contributed by atoms with Gasteiger partial charge in [-0.05, 0) is 30.0 Å². The fourth-order valence-corrected chi connectivity index (χ4v) is 3.26. The Morgan fingerprint density at radius 3 is 2.73 bits per heavy atom. The van der Waals surface area contributed by atoms with E-state index in [1.807, 2.05) is 19.1 Å². The van der Waals surface area contributed by atoms with Gasteiger partial charge in [-0.15, -0.1) is 0 Å². The van der Waals surface area contributed by atoms with Gasteiger partial charge in [-0.1, -0.05) is 35.8 Å². The van der Waals surface area contributed by atoms with Crippen LogP contribution in [0.3, 0.4) is 0 Å². The Balaban J connectivity index is 1.61. The molecule has 7 nitrogen and oxygen atoms in total. The molecule has 138 valence electrons. The van der Waals surface area contributed by atoms with Crippen molar-refractivity contribution in [2.45, 2.75) is 39.3 Å². The molecule has 2 heterocycles. The highest BCUT2D eigenvalue weighted by Gasteiger charge is 2.37. The maximum absolute atomic E-state index is 12.6. The number of nitrogens with one attached hydrogen (secondary N) is 1. The number of nitrogens with zero attached hydrogens (tertiary/aromatic N) is 3. The highest BCUT2D eigenvalue weighted by atomic mass is 35.5. The van der Waals surface area contributed by atoms with E-state index in [1.165, 1.54) is 0 Å². The Morgan fingerprint density at radius 1 is 1.35 bits per heavy atom. The molecule has 8 heteroatoms. The number of likely N-dealkylation sites (tertiary alicyclic amines) is 1. The third-order valence-corrected chi connectivity index (χ3v) is 4.64. The molecule has 0 bridgehead atoms. The van der Waals surface area contributed by atoms with E-state index in [1.54, 1.807) is 24.0 Å². The summed E-state index contributed by atoms with van der Waals surface area (Å²) in [4.78, 5) is 30.9. The minimum atomic E-state index is -0.474. The largest absolute Gasteiger partial charge is 0.350 e. The van der Waals surface area contributed by atoms with Crippen LogP contribution >= 0.6 is 11.6 Å². The van der Waals surface area contributed by atoms with Crippen molar-refractivity contribution < 1.29 is 14.1 Å². The summed E-state index contributed by atoms with van der Waals surface area (Å²) in [5.74, 6) is 0.702. The van der Waals surface area contributed by atoms with Gasteiger partial charge in [0, 0.05) is 25.0 Å². The van der Waals surface area contributed by atoms with Gasteiger partial charge in [-0.3, -0.25) is 9.59 Å². The lowest BCUT2D eigenvalue weighted by molar-refractivity contribution is -0.138. The van der Waals surface area contributed by atoms with Crippen molar-refractivity contribution in [1.82, 2.24) is 20.4 Å². The Labute approximate surface area is 156 Å². The van der Waals surface area contributed by atoms with Crippen LogP contribution in [0.2, 0.25) is 5.02 Å². The van der Waals surface area contributed by atoms with Crippen LogP contribution in [-0.2, 0) is 22.6 Å². The lowest BCUT2D eigenvalue weighted by Gasteiger charge is -2.23. The summed E-state index contributed by atoms with van der Waals surface area (Å²) >= 11 is 5.87. The molecule has 1 saturated heterocycles. The number of halogens is 1. The van der Waals surface area contributed by atoms with E-state index in [0.717, 1.165) is 5.56 Å². The number of amides is 2. The summed E-state index contributed by atoms with van der Waals surface area (Å²) in [6, 6.07) is 6.81. The van der Waals surface area contributed by atoms with Gasteiger partial charge in [-0.25, -0.2) is 0 Å². The molecule has 1 N–H and O–H groups in total. The van der Waals surface area contributed by atoms with Crippen LogP contribution in [0.1, 0.15) is 30.6 Å². The van der Waals surface area contributed by atoms with Crippen LogP contribution in [0.15, 0.2) is 28.8 Å². The molecule has 0 spiro atoms. The minimum Gasteiger partial charge on any atom is -0.350 e. The number of hydrogen-bond acceptors (Lipinski definition) is 5. The molecule has 1 aromatic heterocycles. The fraction of sp³-hybridized carbons (Fsp3) is 0.444. The van der Waals surface area contributed by atoms with Crippen molar-refractivity contribution in [2.75, 3.05) is 6.54 Å². The van der Waals surface area contributed by atoms with E-state index in [4.69, 9.17) is 16.1 Å². The highest BCUT2D eigenvalue weighted by molar-refractivity contribution is 6.30. The lowest BCUT2D eigenvalue weighted by Crippen LogP contribution is -2.46. The second-order valence-electron chi connectivity index (χ2n) is 6.65. The molecule has 1 aliphatic rings. The third kappa shape index (κ3) is 4.40. The van der Waals surface area contributed by atoms with Crippen molar-refractivity contribution in [3.05, 3.63) is 46.6 Å². The van der Waals surface area contributed by atoms with E-state index < -0.39 is 6.04 Å². The van der Waals surface area contributed by atoms with Crippen LogP contribution in [0, 0.1) is 12.8 Å². The van der Waals surface area contributed by atoms with Gasteiger partial charge in [0.25, 0.3) is 0 Å². The normalized spacial score (nSPS) is 19.6. The van der Waals surface area contributed by atoms with E-state index in [2.05, 4.69) is 15.5 Å².